The fraction of sp³-hybridized carbons (Fsp3) is 0.278. The quantitative estimate of drug-likeness (QED) is 0.741. The van der Waals surface area contributed by atoms with Crippen molar-refractivity contribution in [2.24, 2.45) is 0 Å². The van der Waals surface area contributed by atoms with Crippen LogP contribution in [-0.4, -0.2) is 21.0 Å². The van der Waals surface area contributed by atoms with E-state index in [1.54, 1.807) is 6.20 Å². The average molecular weight is 349 g/mol. The SMILES string of the molecule is Cc1ccc2ncc(CNCC(O)c3cccc(C(F)(F)F)c3)n2c1. The summed E-state index contributed by atoms with van der Waals surface area (Å²) in [7, 11) is 0. The van der Waals surface area contributed by atoms with Gasteiger partial charge in [0.05, 0.1) is 23.6 Å². The summed E-state index contributed by atoms with van der Waals surface area (Å²) in [6.07, 6.45) is -1.75. The van der Waals surface area contributed by atoms with E-state index in [9.17, 15) is 18.3 Å². The molecule has 0 spiro atoms. The number of fused-ring (bicyclic) bond motifs is 1. The molecule has 0 aliphatic carbocycles. The largest absolute Gasteiger partial charge is 0.416 e. The Morgan fingerprint density at radius 3 is 2.80 bits per heavy atom. The number of pyridine rings is 1. The molecular weight excluding hydrogens is 331 g/mol. The van der Waals surface area contributed by atoms with Crippen LogP contribution in [0.3, 0.4) is 0 Å². The predicted molar refractivity (Wildman–Crippen MR) is 88.0 cm³/mol. The molecule has 0 aliphatic rings. The first kappa shape index (κ1) is 17.4. The molecule has 3 rings (SSSR count). The minimum atomic E-state index is -4.42. The molecule has 4 nitrogen and oxygen atoms in total. The zero-order valence-electron chi connectivity index (χ0n) is 13.6. The maximum atomic E-state index is 12.7. The molecule has 2 N–H and O–H groups in total. The molecule has 0 amide bonds. The second-order valence-electron chi connectivity index (χ2n) is 5.95. The Balaban J connectivity index is 1.64. The Labute approximate surface area is 142 Å². The molecule has 1 atom stereocenters. The Bertz CT molecular complexity index is 873. The minimum absolute atomic E-state index is 0.139. The third-order valence-corrected chi connectivity index (χ3v) is 3.97. The van der Waals surface area contributed by atoms with E-state index in [0.29, 0.717) is 6.54 Å². The molecule has 2 aromatic heterocycles. The molecule has 0 fully saturated rings. The van der Waals surface area contributed by atoms with E-state index in [1.807, 2.05) is 29.7 Å². The summed E-state index contributed by atoms with van der Waals surface area (Å²) in [4.78, 5) is 4.29. The highest BCUT2D eigenvalue weighted by molar-refractivity contribution is 5.41. The van der Waals surface area contributed by atoms with Gasteiger partial charge in [-0.2, -0.15) is 13.2 Å². The van der Waals surface area contributed by atoms with E-state index >= 15 is 0 Å². The van der Waals surface area contributed by atoms with Gasteiger partial charge in [0.25, 0.3) is 0 Å². The average Bonchev–Trinajstić information content (AvgIpc) is 2.96. The molecule has 1 unspecified atom stereocenters. The lowest BCUT2D eigenvalue weighted by atomic mass is 10.1. The van der Waals surface area contributed by atoms with Crippen molar-refractivity contribution in [2.45, 2.75) is 25.7 Å². The number of aryl methyl sites for hydroxylation is 1. The molecular formula is C18H18F3N3O. The van der Waals surface area contributed by atoms with Crippen LogP contribution in [-0.2, 0) is 12.7 Å². The molecule has 7 heteroatoms. The van der Waals surface area contributed by atoms with Crippen LogP contribution in [0.5, 0.6) is 0 Å². The number of nitrogens with zero attached hydrogens (tertiary/aromatic N) is 2. The number of halogens is 3. The van der Waals surface area contributed by atoms with E-state index in [0.717, 1.165) is 29.0 Å². The van der Waals surface area contributed by atoms with Crippen LogP contribution in [0.2, 0.25) is 0 Å². The molecule has 25 heavy (non-hydrogen) atoms. The zero-order valence-corrected chi connectivity index (χ0v) is 13.6. The van der Waals surface area contributed by atoms with Gasteiger partial charge in [0.1, 0.15) is 5.65 Å². The lowest BCUT2D eigenvalue weighted by molar-refractivity contribution is -0.137. The lowest BCUT2D eigenvalue weighted by Gasteiger charge is -2.14. The van der Waals surface area contributed by atoms with Crippen LogP contribution in [0.15, 0.2) is 48.8 Å². The van der Waals surface area contributed by atoms with Crippen molar-refractivity contribution in [3.63, 3.8) is 0 Å². The van der Waals surface area contributed by atoms with Crippen molar-refractivity contribution in [2.75, 3.05) is 6.54 Å². The van der Waals surface area contributed by atoms with Crippen molar-refractivity contribution in [3.8, 4) is 0 Å². The third-order valence-electron chi connectivity index (χ3n) is 3.97. The van der Waals surface area contributed by atoms with Gasteiger partial charge < -0.3 is 14.8 Å². The smallest absolute Gasteiger partial charge is 0.387 e. The molecule has 3 aromatic rings. The summed E-state index contributed by atoms with van der Waals surface area (Å²) >= 11 is 0. The standard InChI is InChI=1S/C18H18F3N3O/c1-12-5-6-17-23-9-15(24(17)11-12)8-22-10-16(25)13-3-2-4-14(7-13)18(19,20)21/h2-7,9,11,16,22,25H,8,10H2,1H3. The van der Waals surface area contributed by atoms with E-state index in [-0.39, 0.29) is 12.1 Å². The van der Waals surface area contributed by atoms with Crippen molar-refractivity contribution < 1.29 is 18.3 Å². The first-order valence-corrected chi connectivity index (χ1v) is 7.83. The highest BCUT2D eigenvalue weighted by Gasteiger charge is 2.30. The molecule has 0 saturated heterocycles. The number of aliphatic hydroxyl groups excluding tert-OH is 1. The Morgan fingerprint density at radius 2 is 2.04 bits per heavy atom. The van der Waals surface area contributed by atoms with Gasteiger partial charge >= 0.3 is 6.18 Å². The van der Waals surface area contributed by atoms with Crippen molar-refractivity contribution >= 4 is 5.65 Å². The normalized spacial score (nSPS) is 13.3. The molecule has 0 saturated carbocycles. The first-order chi connectivity index (χ1) is 11.8. The van der Waals surface area contributed by atoms with Crippen molar-refractivity contribution in [3.05, 3.63) is 71.2 Å². The number of hydrogen-bond donors (Lipinski definition) is 2. The van der Waals surface area contributed by atoms with E-state index < -0.39 is 17.8 Å². The molecule has 0 radical (unpaired) electrons. The van der Waals surface area contributed by atoms with Crippen LogP contribution in [0.1, 0.15) is 28.5 Å². The number of alkyl halides is 3. The third kappa shape index (κ3) is 4.00. The van der Waals surface area contributed by atoms with Crippen LogP contribution in [0.4, 0.5) is 13.2 Å². The summed E-state index contributed by atoms with van der Waals surface area (Å²) in [5, 5.41) is 13.2. The number of rotatable bonds is 5. The molecule has 132 valence electrons. The maximum absolute atomic E-state index is 12.7. The summed E-state index contributed by atoms with van der Waals surface area (Å²) in [5.41, 5.74) is 2.30. The summed E-state index contributed by atoms with van der Waals surface area (Å²) in [5.74, 6) is 0. The number of aliphatic hydroxyl groups is 1. The van der Waals surface area contributed by atoms with Gasteiger partial charge in [-0.25, -0.2) is 4.98 Å². The number of aromatic nitrogens is 2. The van der Waals surface area contributed by atoms with Gasteiger partial charge in [-0.15, -0.1) is 0 Å². The topological polar surface area (TPSA) is 49.6 Å². The molecule has 1 aromatic carbocycles. The van der Waals surface area contributed by atoms with Gasteiger partial charge in [0.15, 0.2) is 0 Å². The first-order valence-electron chi connectivity index (χ1n) is 7.83. The molecule has 0 bridgehead atoms. The number of benzene rings is 1. The van der Waals surface area contributed by atoms with E-state index in [4.69, 9.17) is 0 Å². The molecule has 2 heterocycles. The van der Waals surface area contributed by atoms with Gasteiger partial charge in [-0.3, -0.25) is 0 Å². The van der Waals surface area contributed by atoms with Gasteiger partial charge in [-0.05, 0) is 36.2 Å². The lowest BCUT2D eigenvalue weighted by Crippen LogP contribution is -2.22. The van der Waals surface area contributed by atoms with E-state index in [2.05, 4.69) is 10.3 Å². The maximum Gasteiger partial charge on any atom is 0.416 e. The van der Waals surface area contributed by atoms with Crippen molar-refractivity contribution in [1.29, 1.82) is 0 Å². The number of imidazole rings is 1. The van der Waals surface area contributed by atoms with Crippen molar-refractivity contribution in [1.82, 2.24) is 14.7 Å². The Morgan fingerprint density at radius 1 is 1.24 bits per heavy atom. The van der Waals surface area contributed by atoms with Gasteiger partial charge in [0, 0.05) is 19.3 Å². The Hall–Kier alpha value is -2.38. The van der Waals surface area contributed by atoms with Gasteiger partial charge in [-0.1, -0.05) is 18.2 Å². The van der Waals surface area contributed by atoms with Gasteiger partial charge in [0.2, 0.25) is 0 Å². The van der Waals surface area contributed by atoms with E-state index in [1.165, 1.54) is 12.1 Å². The van der Waals surface area contributed by atoms with Crippen LogP contribution < -0.4 is 5.32 Å². The second-order valence-corrected chi connectivity index (χ2v) is 5.95. The summed E-state index contributed by atoms with van der Waals surface area (Å²) in [6.45, 7) is 2.56. The van der Waals surface area contributed by atoms with Crippen LogP contribution in [0, 0.1) is 6.92 Å². The fourth-order valence-corrected chi connectivity index (χ4v) is 2.65. The molecule has 0 aliphatic heterocycles. The number of hydrogen-bond acceptors (Lipinski definition) is 3. The predicted octanol–water partition coefficient (Wildman–Crippen LogP) is 3.48. The minimum Gasteiger partial charge on any atom is -0.387 e. The van der Waals surface area contributed by atoms with Crippen LogP contribution in [0.25, 0.3) is 5.65 Å². The number of nitrogens with one attached hydrogen (secondary N) is 1. The van der Waals surface area contributed by atoms with Crippen LogP contribution >= 0.6 is 0 Å². The summed E-state index contributed by atoms with van der Waals surface area (Å²) in [6, 6.07) is 8.63. The fourth-order valence-electron chi connectivity index (χ4n) is 2.65. The second kappa shape index (κ2) is 6.85. The highest BCUT2D eigenvalue weighted by atomic mass is 19.4. The summed E-state index contributed by atoms with van der Waals surface area (Å²) < 4.78 is 40.2. The zero-order chi connectivity index (χ0) is 18.0. The Kier molecular flexibility index (Phi) is 4.78. The highest BCUT2D eigenvalue weighted by Crippen LogP contribution is 2.30. The monoisotopic (exact) mass is 349 g/mol.